The first-order valence-corrected chi connectivity index (χ1v) is 12.3. The molecule has 4 rings (SSSR count). The van der Waals surface area contributed by atoms with Crippen LogP contribution in [0.4, 0.5) is 0 Å². The highest BCUT2D eigenvalue weighted by atomic mass is 16.5. The van der Waals surface area contributed by atoms with Crippen molar-refractivity contribution in [3.8, 4) is 22.9 Å². The highest BCUT2D eigenvalue weighted by Gasteiger charge is 2.24. The van der Waals surface area contributed by atoms with Crippen molar-refractivity contribution in [3.63, 3.8) is 0 Å². The number of carbonyl (C=O) groups is 1. The molecule has 0 spiro atoms. The number of amides is 1. The Morgan fingerprint density at radius 2 is 1.83 bits per heavy atom. The molecule has 7 heteroatoms. The number of benzene rings is 2. The number of nitriles is 1. The smallest absolute Gasteiger partial charge is 0.227 e. The van der Waals surface area contributed by atoms with Crippen LogP contribution in [-0.4, -0.2) is 41.9 Å². The van der Waals surface area contributed by atoms with Crippen molar-refractivity contribution in [1.29, 1.82) is 5.26 Å². The third kappa shape index (κ3) is 6.02. The third-order valence-corrected chi connectivity index (χ3v) is 6.66. The summed E-state index contributed by atoms with van der Waals surface area (Å²) >= 11 is 0. The fourth-order valence-corrected chi connectivity index (χ4v) is 4.23. The Bertz CT molecular complexity index is 1280. The second-order valence-electron chi connectivity index (χ2n) is 9.13. The summed E-state index contributed by atoms with van der Waals surface area (Å²) in [6, 6.07) is 18.9. The minimum Gasteiger partial charge on any atom is -0.482 e. The Morgan fingerprint density at radius 3 is 2.50 bits per heavy atom. The van der Waals surface area contributed by atoms with Crippen LogP contribution in [0.3, 0.4) is 0 Å². The second-order valence-corrected chi connectivity index (χ2v) is 9.13. The molecule has 1 aliphatic heterocycles. The molecule has 1 amide bonds. The summed E-state index contributed by atoms with van der Waals surface area (Å²) in [7, 11) is 0. The molecular weight excluding hydrogens is 454 g/mol. The maximum absolute atomic E-state index is 12.6. The molecule has 1 aliphatic rings. The van der Waals surface area contributed by atoms with Gasteiger partial charge in [0.05, 0.1) is 18.2 Å². The van der Waals surface area contributed by atoms with E-state index in [9.17, 15) is 14.9 Å². The molecule has 1 aromatic heterocycles. The maximum atomic E-state index is 12.6. The summed E-state index contributed by atoms with van der Waals surface area (Å²) in [5.74, 6) is 1.02. The van der Waals surface area contributed by atoms with Crippen molar-refractivity contribution in [2.45, 2.75) is 33.4 Å². The first-order valence-electron chi connectivity index (χ1n) is 12.3. The van der Waals surface area contributed by atoms with Crippen molar-refractivity contribution < 1.29 is 13.9 Å². The molecule has 3 aromatic rings. The van der Waals surface area contributed by atoms with E-state index in [2.05, 4.69) is 11.0 Å². The first-order chi connectivity index (χ1) is 17.5. The van der Waals surface area contributed by atoms with E-state index < -0.39 is 0 Å². The summed E-state index contributed by atoms with van der Waals surface area (Å²) in [5.41, 5.74) is 3.14. The summed E-state index contributed by atoms with van der Waals surface area (Å²) in [4.78, 5) is 29.1. The van der Waals surface area contributed by atoms with Gasteiger partial charge in [0.2, 0.25) is 17.1 Å². The molecule has 0 saturated carbocycles. The fourth-order valence-electron chi connectivity index (χ4n) is 4.23. The summed E-state index contributed by atoms with van der Waals surface area (Å²) in [6.07, 6.45) is 2.22. The van der Waals surface area contributed by atoms with Crippen LogP contribution in [0.25, 0.3) is 11.1 Å². The van der Waals surface area contributed by atoms with E-state index >= 15 is 0 Å². The number of hydrogen-bond acceptors (Lipinski definition) is 6. The van der Waals surface area contributed by atoms with Crippen LogP contribution in [0.1, 0.15) is 37.2 Å². The largest absolute Gasteiger partial charge is 0.482 e. The molecular formula is C29H31N3O4. The second kappa shape index (κ2) is 11.7. The molecule has 2 heterocycles. The van der Waals surface area contributed by atoms with E-state index in [0.29, 0.717) is 31.0 Å². The molecule has 0 N–H and O–H groups in total. The molecule has 1 saturated heterocycles. The van der Waals surface area contributed by atoms with Crippen LogP contribution in [-0.2, 0) is 17.9 Å². The van der Waals surface area contributed by atoms with E-state index in [1.165, 1.54) is 12.3 Å². The van der Waals surface area contributed by atoms with Crippen LogP contribution in [0.2, 0.25) is 0 Å². The molecule has 2 aromatic carbocycles. The molecule has 36 heavy (non-hydrogen) atoms. The van der Waals surface area contributed by atoms with Crippen LogP contribution < -0.4 is 10.2 Å². The molecule has 1 fully saturated rings. The van der Waals surface area contributed by atoms with Gasteiger partial charge in [-0.15, -0.1) is 0 Å². The Kier molecular flexibility index (Phi) is 8.19. The number of piperazine rings is 1. The lowest BCUT2D eigenvalue weighted by atomic mass is 9.99. The zero-order chi connectivity index (χ0) is 25.5. The zero-order valence-corrected chi connectivity index (χ0v) is 20.8. The van der Waals surface area contributed by atoms with Gasteiger partial charge in [0, 0.05) is 38.2 Å². The van der Waals surface area contributed by atoms with Gasteiger partial charge in [0.25, 0.3) is 0 Å². The Morgan fingerprint density at radius 1 is 1.11 bits per heavy atom. The van der Waals surface area contributed by atoms with Gasteiger partial charge in [-0.2, -0.15) is 5.26 Å². The monoisotopic (exact) mass is 485 g/mol. The maximum Gasteiger partial charge on any atom is 0.227 e. The lowest BCUT2D eigenvalue weighted by Gasteiger charge is -2.35. The topological polar surface area (TPSA) is 86.8 Å². The highest BCUT2D eigenvalue weighted by molar-refractivity contribution is 5.78. The zero-order valence-electron chi connectivity index (χ0n) is 20.8. The van der Waals surface area contributed by atoms with Gasteiger partial charge in [0.1, 0.15) is 18.6 Å². The van der Waals surface area contributed by atoms with Gasteiger partial charge < -0.3 is 14.1 Å². The third-order valence-electron chi connectivity index (χ3n) is 6.66. The average Bonchev–Trinajstić information content (AvgIpc) is 2.92. The minimum absolute atomic E-state index is 0.0559. The molecule has 0 aliphatic carbocycles. The van der Waals surface area contributed by atoms with Gasteiger partial charge in [-0.25, -0.2) is 0 Å². The van der Waals surface area contributed by atoms with E-state index in [-0.39, 0.29) is 29.6 Å². The lowest BCUT2D eigenvalue weighted by molar-refractivity contribution is -0.136. The van der Waals surface area contributed by atoms with Gasteiger partial charge in [0.15, 0.2) is 0 Å². The standard InChI is InChI=1S/C29H31N3O4/c1-3-21(2)29(34)32-14-12-31(13-15-32)18-25-16-27(33)28(20-35-25)36-19-22-8-10-23(11-9-22)26-7-5-4-6-24(26)17-30/h4-11,16,20-21H,3,12-15,18-19H2,1-2H3/t21-/m0/s1. The lowest BCUT2D eigenvalue weighted by Crippen LogP contribution is -2.49. The summed E-state index contributed by atoms with van der Waals surface area (Å²) in [6.45, 7) is 7.63. The molecule has 186 valence electrons. The van der Waals surface area contributed by atoms with Crippen LogP contribution in [0, 0.1) is 17.2 Å². The molecule has 1 atom stereocenters. The van der Waals surface area contributed by atoms with Crippen molar-refractivity contribution in [2.75, 3.05) is 26.2 Å². The summed E-state index contributed by atoms with van der Waals surface area (Å²) < 4.78 is 11.4. The number of nitrogens with zero attached hydrogens (tertiary/aromatic N) is 3. The van der Waals surface area contributed by atoms with Gasteiger partial charge in [-0.1, -0.05) is 56.3 Å². The number of rotatable bonds is 8. The molecule has 0 unspecified atom stereocenters. The van der Waals surface area contributed by atoms with Gasteiger partial charge in [-0.05, 0) is 29.2 Å². The molecule has 0 radical (unpaired) electrons. The predicted octanol–water partition coefficient (Wildman–Crippen LogP) is 4.45. The first kappa shape index (κ1) is 25.2. The van der Waals surface area contributed by atoms with Crippen LogP contribution in [0.15, 0.2) is 70.1 Å². The van der Waals surface area contributed by atoms with E-state index in [0.717, 1.165) is 36.2 Å². The van der Waals surface area contributed by atoms with Gasteiger partial charge in [-0.3, -0.25) is 14.5 Å². The Hall–Kier alpha value is -3.89. The van der Waals surface area contributed by atoms with E-state index in [1.54, 1.807) is 6.07 Å². The van der Waals surface area contributed by atoms with Crippen molar-refractivity contribution >= 4 is 5.91 Å². The molecule has 7 nitrogen and oxygen atoms in total. The average molecular weight is 486 g/mol. The summed E-state index contributed by atoms with van der Waals surface area (Å²) in [5, 5.41) is 9.31. The van der Waals surface area contributed by atoms with Crippen LogP contribution in [0.5, 0.6) is 5.75 Å². The SMILES string of the molecule is CC[C@H](C)C(=O)N1CCN(Cc2cc(=O)c(OCc3ccc(-c4ccccc4C#N)cc3)co2)CC1. The molecule has 0 bridgehead atoms. The van der Waals surface area contributed by atoms with Gasteiger partial charge >= 0.3 is 0 Å². The van der Waals surface area contributed by atoms with Crippen molar-refractivity contribution in [2.24, 2.45) is 5.92 Å². The predicted molar refractivity (Wildman–Crippen MR) is 137 cm³/mol. The number of hydrogen-bond donors (Lipinski definition) is 0. The normalized spacial score (nSPS) is 14.8. The van der Waals surface area contributed by atoms with Crippen LogP contribution >= 0.6 is 0 Å². The fraction of sp³-hybridized carbons (Fsp3) is 0.345. The van der Waals surface area contributed by atoms with E-state index in [4.69, 9.17) is 9.15 Å². The van der Waals surface area contributed by atoms with E-state index in [1.807, 2.05) is 61.2 Å². The number of carbonyl (C=O) groups excluding carboxylic acids is 1. The quantitative estimate of drug-likeness (QED) is 0.469. The Labute approximate surface area is 211 Å². The van der Waals surface area contributed by atoms with Crippen molar-refractivity contribution in [1.82, 2.24) is 9.80 Å². The highest BCUT2D eigenvalue weighted by Crippen LogP contribution is 2.24. The number of ether oxygens (including phenoxy) is 1. The van der Waals surface area contributed by atoms with Crippen molar-refractivity contribution in [3.05, 3.63) is 88.0 Å². The Balaban J connectivity index is 1.30. The minimum atomic E-state index is -0.221.